The van der Waals surface area contributed by atoms with E-state index >= 15 is 0 Å². The van der Waals surface area contributed by atoms with Gasteiger partial charge in [0.1, 0.15) is 30.5 Å². The van der Waals surface area contributed by atoms with Crippen molar-refractivity contribution in [2.45, 2.75) is 58.7 Å². The molecule has 3 amide bonds. The van der Waals surface area contributed by atoms with Gasteiger partial charge in [-0.3, -0.25) is 19.2 Å². The Morgan fingerprint density at radius 2 is 1.92 bits per heavy atom. The van der Waals surface area contributed by atoms with Crippen LogP contribution >= 0.6 is 0 Å². The number of rotatable bonds is 2. The van der Waals surface area contributed by atoms with Gasteiger partial charge in [0.2, 0.25) is 11.8 Å². The number of aryl methyl sites for hydroxylation is 3. The van der Waals surface area contributed by atoms with Gasteiger partial charge in [-0.15, -0.1) is 0 Å². The molecule has 1 aromatic carbocycles. The van der Waals surface area contributed by atoms with Crippen LogP contribution in [0, 0.1) is 20.8 Å². The van der Waals surface area contributed by atoms with E-state index in [4.69, 9.17) is 14.6 Å². The van der Waals surface area contributed by atoms with Crippen molar-refractivity contribution in [3.05, 3.63) is 41.0 Å². The third-order valence-corrected chi connectivity index (χ3v) is 6.21. The van der Waals surface area contributed by atoms with E-state index in [9.17, 15) is 14.4 Å². The fraction of sp³-hybridized carbons (Fsp3) is 0.500. The molecule has 0 saturated carbocycles. The summed E-state index contributed by atoms with van der Waals surface area (Å²) in [6.07, 6.45) is 1.61. The van der Waals surface area contributed by atoms with Crippen LogP contribution in [0.15, 0.2) is 18.2 Å². The molecule has 0 unspecified atom stereocenters. The number of nitrogens with one attached hydrogen (secondary N) is 2. The highest BCUT2D eigenvalue weighted by Crippen LogP contribution is 2.27. The number of carboxylic acid groups (broad SMARTS) is 1. The maximum atomic E-state index is 13.3. The molecule has 12 nitrogen and oxygen atoms in total. The van der Waals surface area contributed by atoms with E-state index in [1.54, 1.807) is 35.6 Å². The Kier molecular flexibility index (Phi) is 8.98. The van der Waals surface area contributed by atoms with Crippen molar-refractivity contribution in [3.8, 4) is 5.75 Å². The Bertz CT molecular complexity index is 1120. The average molecular weight is 501 g/mol. The minimum atomic E-state index is -0.250. The first-order valence-electron chi connectivity index (χ1n) is 11.8. The molecule has 12 heteroatoms. The topological polar surface area (TPSA) is 156 Å². The van der Waals surface area contributed by atoms with E-state index < -0.39 is 0 Å². The van der Waals surface area contributed by atoms with Crippen LogP contribution in [-0.4, -0.2) is 80.7 Å². The summed E-state index contributed by atoms with van der Waals surface area (Å²) in [6.45, 7) is 6.23. The van der Waals surface area contributed by atoms with Crippen LogP contribution in [0.3, 0.4) is 0 Å². The van der Waals surface area contributed by atoms with Gasteiger partial charge in [0, 0.05) is 30.6 Å². The van der Waals surface area contributed by atoms with Crippen LogP contribution in [0.2, 0.25) is 0 Å². The van der Waals surface area contributed by atoms with Gasteiger partial charge in [-0.1, -0.05) is 6.07 Å². The molecule has 1 aromatic heterocycles. The molecule has 3 heterocycles. The van der Waals surface area contributed by atoms with E-state index in [0.717, 1.165) is 5.56 Å². The lowest BCUT2D eigenvalue weighted by molar-refractivity contribution is -0.136. The van der Waals surface area contributed by atoms with Crippen LogP contribution < -0.4 is 15.4 Å². The number of ether oxygens (including phenoxy) is 1. The SMILES string of the molecule is Cc1nc(C)n(CC(=O)N2[C@@H]3CC[C@H]2CC(=O)NCCOc2cc(ccc2C)C(=O)NC3)n1.O=CO. The molecule has 1 fully saturated rings. The number of carbonyl (C=O) groups excluding carboxylic acids is 3. The molecule has 2 aromatic rings. The number of carbonyl (C=O) groups is 4. The first kappa shape index (κ1) is 26.6. The number of amides is 3. The number of aromatic nitrogens is 3. The zero-order chi connectivity index (χ0) is 26.2. The Balaban J connectivity index is 0.00000115. The first-order chi connectivity index (χ1) is 17.2. The van der Waals surface area contributed by atoms with E-state index in [1.165, 1.54) is 0 Å². The van der Waals surface area contributed by atoms with Gasteiger partial charge in [-0.25, -0.2) is 9.67 Å². The monoisotopic (exact) mass is 500 g/mol. The second kappa shape index (κ2) is 12.1. The van der Waals surface area contributed by atoms with E-state index in [0.29, 0.717) is 55.5 Å². The lowest BCUT2D eigenvalue weighted by Crippen LogP contribution is -2.49. The third kappa shape index (κ3) is 6.58. The summed E-state index contributed by atoms with van der Waals surface area (Å²) in [5, 5.41) is 17.0. The summed E-state index contributed by atoms with van der Waals surface area (Å²) in [5.41, 5.74) is 1.41. The molecule has 2 aliphatic heterocycles. The molecule has 4 rings (SSSR count). The number of benzene rings is 1. The molecule has 2 aliphatic rings. The molecule has 36 heavy (non-hydrogen) atoms. The maximum Gasteiger partial charge on any atom is 0.290 e. The summed E-state index contributed by atoms with van der Waals surface area (Å²) < 4.78 is 7.36. The Hall–Kier alpha value is -3.96. The largest absolute Gasteiger partial charge is 0.491 e. The molecule has 0 spiro atoms. The van der Waals surface area contributed by atoms with Crippen molar-refractivity contribution in [2.75, 3.05) is 19.7 Å². The maximum absolute atomic E-state index is 13.3. The highest BCUT2D eigenvalue weighted by molar-refractivity contribution is 5.94. The van der Waals surface area contributed by atoms with Gasteiger partial charge in [0.25, 0.3) is 12.4 Å². The van der Waals surface area contributed by atoms with Gasteiger partial charge in [-0.2, -0.15) is 5.10 Å². The van der Waals surface area contributed by atoms with Crippen molar-refractivity contribution in [1.29, 1.82) is 0 Å². The van der Waals surface area contributed by atoms with Crippen LogP contribution in [-0.2, 0) is 20.9 Å². The molecule has 4 bridgehead atoms. The summed E-state index contributed by atoms with van der Waals surface area (Å²) >= 11 is 0. The quantitative estimate of drug-likeness (QED) is 0.506. The summed E-state index contributed by atoms with van der Waals surface area (Å²) in [4.78, 5) is 53.1. The smallest absolute Gasteiger partial charge is 0.290 e. The van der Waals surface area contributed by atoms with Crippen molar-refractivity contribution in [1.82, 2.24) is 30.3 Å². The lowest BCUT2D eigenvalue weighted by atomic mass is 10.1. The van der Waals surface area contributed by atoms with Gasteiger partial charge in [0.15, 0.2) is 0 Å². The number of nitrogens with zero attached hydrogens (tertiary/aromatic N) is 4. The predicted octanol–water partition coefficient (Wildman–Crippen LogP) is 0.592. The normalized spacial score (nSPS) is 20.0. The minimum absolute atomic E-state index is 0.0460. The molecular weight excluding hydrogens is 468 g/mol. The van der Waals surface area contributed by atoms with Gasteiger partial charge in [0.05, 0.1) is 6.54 Å². The minimum Gasteiger partial charge on any atom is -0.491 e. The van der Waals surface area contributed by atoms with Crippen molar-refractivity contribution in [2.24, 2.45) is 0 Å². The van der Waals surface area contributed by atoms with Crippen LogP contribution in [0.5, 0.6) is 5.75 Å². The van der Waals surface area contributed by atoms with Crippen molar-refractivity contribution < 1.29 is 29.0 Å². The Labute approximate surface area is 209 Å². The molecule has 1 saturated heterocycles. The van der Waals surface area contributed by atoms with E-state index in [2.05, 4.69) is 20.7 Å². The first-order valence-corrected chi connectivity index (χ1v) is 11.8. The molecule has 2 atom stereocenters. The average Bonchev–Trinajstić information content (AvgIpc) is 3.37. The predicted molar refractivity (Wildman–Crippen MR) is 128 cm³/mol. The Morgan fingerprint density at radius 1 is 1.19 bits per heavy atom. The van der Waals surface area contributed by atoms with Crippen LogP contribution in [0.1, 0.15) is 46.8 Å². The standard InChI is InChI=1S/C23H30N6O4.CH2O2/c1-14-4-5-17-10-20(14)33-9-8-24-21(30)11-18-6-7-19(12-25-23(17)32)29(18)22(31)13-28-16(3)26-15(2)27-28;2-1-3/h4-5,10,18-19H,6-9,11-13H2,1-3H3,(H,24,30)(H,25,32);1H,(H,2,3)/t18-,19+;/m0./s1. The van der Waals surface area contributed by atoms with Crippen molar-refractivity contribution >= 4 is 24.2 Å². The van der Waals surface area contributed by atoms with E-state index in [-0.39, 0.29) is 49.2 Å². The summed E-state index contributed by atoms with van der Waals surface area (Å²) in [5.74, 6) is 1.40. The molecule has 3 N–H and O–H groups in total. The number of hydrogen-bond acceptors (Lipinski definition) is 7. The molecular formula is C24H32N6O6. The lowest BCUT2D eigenvalue weighted by Gasteiger charge is -2.30. The molecule has 0 radical (unpaired) electrons. The zero-order valence-corrected chi connectivity index (χ0v) is 20.7. The van der Waals surface area contributed by atoms with Crippen molar-refractivity contribution in [3.63, 3.8) is 0 Å². The summed E-state index contributed by atoms with van der Waals surface area (Å²) in [7, 11) is 0. The second-order valence-corrected chi connectivity index (χ2v) is 8.75. The van der Waals surface area contributed by atoms with Crippen LogP contribution in [0.25, 0.3) is 0 Å². The highest BCUT2D eigenvalue weighted by atomic mass is 16.5. The fourth-order valence-corrected chi connectivity index (χ4v) is 4.54. The number of hydrogen-bond donors (Lipinski definition) is 3. The van der Waals surface area contributed by atoms with Gasteiger partial charge < -0.3 is 25.4 Å². The third-order valence-electron chi connectivity index (χ3n) is 6.21. The number of fused-ring (bicyclic) bond motifs is 4. The van der Waals surface area contributed by atoms with Gasteiger partial charge >= 0.3 is 0 Å². The Morgan fingerprint density at radius 3 is 2.61 bits per heavy atom. The highest BCUT2D eigenvalue weighted by Gasteiger charge is 2.38. The summed E-state index contributed by atoms with van der Waals surface area (Å²) in [6, 6.07) is 4.87. The van der Waals surface area contributed by atoms with Crippen LogP contribution in [0.4, 0.5) is 0 Å². The zero-order valence-electron chi connectivity index (χ0n) is 20.7. The molecule has 194 valence electrons. The fourth-order valence-electron chi connectivity index (χ4n) is 4.54. The van der Waals surface area contributed by atoms with E-state index in [1.807, 2.05) is 13.0 Å². The molecule has 0 aliphatic carbocycles. The van der Waals surface area contributed by atoms with Gasteiger partial charge in [-0.05, 0) is 51.3 Å². The second-order valence-electron chi connectivity index (χ2n) is 8.75.